The predicted octanol–water partition coefficient (Wildman–Crippen LogP) is 3.85. The molecule has 1 heterocycles. The van der Waals surface area contributed by atoms with E-state index in [0.29, 0.717) is 5.82 Å². The number of hydrogen-bond acceptors (Lipinski definition) is 4. The van der Waals surface area contributed by atoms with Crippen molar-refractivity contribution in [1.82, 2.24) is 10.1 Å². The fraction of sp³-hybridized carbons (Fsp3) is 0.429. The Bertz CT molecular complexity index is 608. The number of halogens is 3. The molecule has 0 bridgehead atoms. The third kappa shape index (κ3) is 3.53. The molecule has 0 N–H and O–H groups in total. The molecule has 2 rings (SSSR count). The molecule has 0 unspecified atom stereocenters. The van der Waals surface area contributed by atoms with Crippen molar-refractivity contribution in [2.45, 2.75) is 32.5 Å². The number of aromatic nitrogens is 2. The maximum Gasteiger partial charge on any atom is 0.416 e. The minimum atomic E-state index is -4.38. The van der Waals surface area contributed by atoms with Crippen molar-refractivity contribution in [3.05, 3.63) is 41.2 Å². The van der Waals surface area contributed by atoms with Crippen molar-refractivity contribution < 1.29 is 17.7 Å². The summed E-state index contributed by atoms with van der Waals surface area (Å²) in [6.45, 7) is 3.86. The van der Waals surface area contributed by atoms with Gasteiger partial charge in [0, 0.05) is 19.5 Å². The van der Waals surface area contributed by atoms with E-state index in [1.54, 1.807) is 13.1 Å². The predicted molar refractivity (Wildman–Crippen MR) is 71.9 cm³/mol. The van der Waals surface area contributed by atoms with E-state index in [9.17, 15) is 13.2 Å². The first-order chi connectivity index (χ1) is 9.79. The Labute approximate surface area is 120 Å². The summed E-state index contributed by atoms with van der Waals surface area (Å²) >= 11 is 0. The molecule has 4 nitrogen and oxygen atoms in total. The summed E-state index contributed by atoms with van der Waals surface area (Å²) in [5.74, 6) is 0.624. The quantitative estimate of drug-likeness (QED) is 0.860. The lowest BCUT2D eigenvalue weighted by atomic mass is 10.1. The van der Waals surface area contributed by atoms with E-state index in [2.05, 4.69) is 10.1 Å². The summed E-state index contributed by atoms with van der Waals surface area (Å²) in [6, 6.07) is 5.66. The van der Waals surface area contributed by atoms with Crippen LogP contribution in [0.1, 0.15) is 36.7 Å². The van der Waals surface area contributed by atoms with E-state index in [1.165, 1.54) is 17.0 Å². The molecule has 0 aliphatic carbocycles. The summed E-state index contributed by atoms with van der Waals surface area (Å²) < 4.78 is 43.9. The van der Waals surface area contributed by atoms with Crippen LogP contribution >= 0.6 is 0 Å². The van der Waals surface area contributed by atoms with E-state index in [0.717, 1.165) is 6.07 Å². The summed E-state index contributed by atoms with van der Waals surface area (Å²) in [5, 5.41) is 3.80. The lowest BCUT2D eigenvalue weighted by molar-refractivity contribution is -0.138. The Morgan fingerprint density at radius 3 is 2.48 bits per heavy atom. The lowest BCUT2D eigenvalue weighted by Gasteiger charge is -2.17. The van der Waals surface area contributed by atoms with Crippen LogP contribution in [0.15, 0.2) is 28.8 Å². The van der Waals surface area contributed by atoms with E-state index in [4.69, 9.17) is 4.52 Å². The van der Waals surface area contributed by atoms with Crippen LogP contribution in [0.25, 0.3) is 0 Å². The zero-order chi connectivity index (χ0) is 15.6. The first-order valence-corrected chi connectivity index (χ1v) is 6.49. The molecule has 0 aliphatic rings. The molecule has 0 atom stereocenters. The molecule has 0 amide bonds. The zero-order valence-corrected chi connectivity index (χ0v) is 12.0. The minimum absolute atomic E-state index is 0.0371. The summed E-state index contributed by atoms with van der Waals surface area (Å²) in [7, 11) is 1.62. The first-order valence-electron chi connectivity index (χ1n) is 6.49. The van der Waals surface area contributed by atoms with Gasteiger partial charge < -0.3 is 9.42 Å². The molecule has 0 aliphatic heterocycles. The third-order valence-corrected chi connectivity index (χ3v) is 3.00. The number of benzene rings is 1. The first kappa shape index (κ1) is 15.3. The van der Waals surface area contributed by atoms with Gasteiger partial charge in [0.05, 0.1) is 5.56 Å². The Morgan fingerprint density at radius 1 is 1.24 bits per heavy atom. The molecule has 114 valence electrons. The average Bonchev–Trinajstić information content (AvgIpc) is 2.88. The van der Waals surface area contributed by atoms with Gasteiger partial charge in [0.25, 0.3) is 0 Å². The van der Waals surface area contributed by atoms with Gasteiger partial charge >= 0.3 is 12.2 Å². The standard InChI is InChI=1S/C14H16F3N3O/c1-9(2)12-18-13(21-19-12)20(3)8-10-6-4-5-7-11(10)14(15,16)17/h4-7,9H,8H2,1-3H3. The molecule has 1 aromatic heterocycles. The van der Waals surface area contributed by atoms with Crippen molar-refractivity contribution in [3.8, 4) is 0 Å². The molecular formula is C14H16F3N3O. The lowest BCUT2D eigenvalue weighted by Crippen LogP contribution is -2.20. The normalized spacial score (nSPS) is 12.0. The van der Waals surface area contributed by atoms with Gasteiger partial charge in [0.2, 0.25) is 0 Å². The maximum absolute atomic E-state index is 12.9. The topological polar surface area (TPSA) is 42.2 Å². The van der Waals surface area contributed by atoms with Crippen molar-refractivity contribution in [1.29, 1.82) is 0 Å². The Hall–Kier alpha value is -2.05. The van der Waals surface area contributed by atoms with Gasteiger partial charge in [-0.3, -0.25) is 0 Å². The number of alkyl halides is 3. The van der Waals surface area contributed by atoms with Gasteiger partial charge in [0.15, 0.2) is 5.82 Å². The third-order valence-electron chi connectivity index (χ3n) is 3.00. The molecule has 0 fully saturated rings. The largest absolute Gasteiger partial charge is 0.416 e. The molecule has 1 aromatic carbocycles. The Morgan fingerprint density at radius 2 is 1.90 bits per heavy atom. The second kappa shape index (κ2) is 5.75. The summed E-state index contributed by atoms with van der Waals surface area (Å²) in [4.78, 5) is 5.67. The van der Waals surface area contributed by atoms with E-state index in [1.807, 2.05) is 13.8 Å². The highest BCUT2D eigenvalue weighted by Crippen LogP contribution is 2.32. The molecule has 0 radical (unpaired) electrons. The van der Waals surface area contributed by atoms with E-state index in [-0.39, 0.29) is 24.0 Å². The Balaban J connectivity index is 2.21. The minimum Gasteiger partial charge on any atom is -0.323 e. The second-order valence-corrected chi connectivity index (χ2v) is 5.10. The molecule has 0 saturated carbocycles. The van der Waals surface area contributed by atoms with Crippen LogP contribution in [0.5, 0.6) is 0 Å². The van der Waals surface area contributed by atoms with Crippen molar-refractivity contribution in [2.24, 2.45) is 0 Å². The van der Waals surface area contributed by atoms with Gasteiger partial charge in [-0.15, -0.1) is 0 Å². The fourth-order valence-electron chi connectivity index (χ4n) is 1.87. The highest BCUT2D eigenvalue weighted by molar-refractivity contribution is 5.34. The average molecular weight is 299 g/mol. The number of hydrogen-bond donors (Lipinski definition) is 0. The van der Waals surface area contributed by atoms with Crippen LogP contribution in [-0.4, -0.2) is 17.2 Å². The van der Waals surface area contributed by atoms with Crippen molar-refractivity contribution in [2.75, 3.05) is 11.9 Å². The number of anilines is 1. The molecule has 7 heteroatoms. The van der Waals surface area contributed by atoms with Crippen LogP contribution in [0.3, 0.4) is 0 Å². The van der Waals surface area contributed by atoms with Crippen LogP contribution < -0.4 is 4.90 Å². The second-order valence-electron chi connectivity index (χ2n) is 5.10. The zero-order valence-electron chi connectivity index (χ0n) is 12.0. The molecule has 2 aromatic rings. The van der Waals surface area contributed by atoms with Gasteiger partial charge in [-0.2, -0.15) is 18.2 Å². The van der Waals surface area contributed by atoms with Crippen molar-refractivity contribution >= 4 is 6.01 Å². The van der Waals surface area contributed by atoms with Crippen LogP contribution in [0, 0.1) is 0 Å². The molecule has 21 heavy (non-hydrogen) atoms. The van der Waals surface area contributed by atoms with Crippen LogP contribution in [0.4, 0.5) is 19.2 Å². The maximum atomic E-state index is 12.9. The van der Waals surface area contributed by atoms with Gasteiger partial charge in [0.1, 0.15) is 0 Å². The molecule has 0 saturated heterocycles. The van der Waals surface area contributed by atoms with Gasteiger partial charge in [-0.1, -0.05) is 37.2 Å². The smallest absolute Gasteiger partial charge is 0.323 e. The molecule has 0 spiro atoms. The summed E-state index contributed by atoms with van der Waals surface area (Å²) in [6.07, 6.45) is -4.38. The van der Waals surface area contributed by atoms with Crippen molar-refractivity contribution in [3.63, 3.8) is 0 Å². The fourth-order valence-corrected chi connectivity index (χ4v) is 1.87. The van der Waals surface area contributed by atoms with Crippen LogP contribution in [-0.2, 0) is 12.7 Å². The van der Waals surface area contributed by atoms with Crippen LogP contribution in [0.2, 0.25) is 0 Å². The highest BCUT2D eigenvalue weighted by Gasteiger charge is 2.33. The SMILES string of the molecule is CC(C)c1noc(N(C)Cc2ccccc2C(F)(F)F)n1. The summed E-state index contributed by atoms with van der Waals surface area (Å²) in [5.41, 5.74) is -0.489. The van der Waals surface area contributed by atoms with E-state index < -0.39 is 11.7 Å². The Kier molecular flexibility index (Phi) is 4.20. The number of rotatable bonds is 4. The highest BCUT2D eigenvalue weighted by atomic mass is 19.4. The van der Waals surface area contributed by atoms with E-state index >= 15 is 0 Å². The van der Waals surface area contributed by atoms with Gasteiger partial charge in [-0.25, -0.2) is 0 Å². The number of nitrogens with zero attached hydrogens (tertiary/aromatic N) is 3. The van der Waals surface area contributed by atoms with Gasteiger partial charge in [-0.05, 0) is 11.6 Å². The monoisotopic (exact) mass is 299 g/mol. The molecular weight excluding hydrogens is 283 g/mol.